The number of piperidine rings is 1. The normalized spacial score (nSPS) is 30.5. The van der Waals surface area contributed by atoms with Crippen LogP contribution in [0.4, 0.5) is 0 Å². The van der Waals surface area contributed by atoms with E-state index in [4.69, 9.17) is 10.2 Å². The standard InChI is InChI=1S/C13H16N2O3/c14-9-5-10-2-3-11(6-9)15(10)13(17)8-1-4-12(16)18-7-8/h1,4,7,9-11H,2-3,5-6,14H2. The Hall–Kier alpha value is -1.62. The molecule has 1 aromatic rings. The maximum Gasteiger partial charge on any atom is 0.335 e. The minimum Gasteiger partial charge on any atom is -0.430 e. The maximum absolute atomic E-state index is 12.4. The van der Waals surface area contributed by atoms with E-state index in [9.17, 15) is 9.59 Å². The number of hydrogen-bond acceptors (Lipinski definition) is 4. The van der Waals surface area contributed by atoms with Crippen molar-refractivity contribution in [3.63, 3.8) is 0 Å². The van der Waals surface area contributed by atoms with E-state index >= 15 is 0 Å². The molecule has 2 bridgehead atoms. The summed E-state index contributed by atoms with van der Waals surface area (Å²) in [6.07, 6.45) is 5.05. The molecule has 0 aliphatic carbocycles. The minimum atomic E-state index is -0.435. The van der Waals surface area contributed by atoms with E-state index in [-0.39, 0.29) is 24.0 Å². The van der Waals surface area contributed by atoms with Crippen molar-refractivity contribution in [2.45, 2.75) is 43.8 Å². The van der Waals surface area contributed by atoms with Crippen molar-refractivity contribution in [2.75, 3.05) is 0 Å². The highest BCUT2D eigenvalue weighted by atomic mass is 16.4. The molecule has 2 aliphatic heterocycles. The number of carbonyl (C=O) groups is 1. The Morgan fingerprint density at radius 2 is 1.94 bits per heavy atom. The van der Waals surface area contributed by atoms with E-state index in [2.05, 4.69) is 0 Å². The molecule has 3 rings (SSSR count). The number of amides is 1. The third-order valence-electron chi connectivity index (χ3n) is 3.95. The van der Waals surface area contributed by atoms with E-state index in [1.165, 1.54) is 18.4 Å². The summed E-state index contributed by atoms with van der Waals surface area (Å²) in [5, 5.41) is 0. The van der Waals surface area contributed by atoms with Gasteiger partial charge in [-0.2, -0.15) is 0 Å². The van der Waals surface area contributed by atoms with Gasteiger partial charge in [0.2, 0.25) is 0 Å². The van der Waals surface area contributed by atoms with Gasteiger partial charge in [0.1, 0.15) is 6.26 Å². The molecule has 1 amide bonds. The van der Waals surface area contributed by atoms with Crippen LogP contribution in [0.2, 0.25) is 0 Å². The first-order valence-corrected chi connectivity index (χ1v) is 6.32. The Bertz CT molecular complexity index is 491. The van der Waals surface area contributed by atoms with E-state index < -0.39 is 5.63 Å². The molecular weight excluding hydrogens is 232 g/mol. The van der Waals surface area contributed by atoms with Crippen LogP contribution in [0.1, 0.15) is 36.0 Å². The monoisotopic (exact) mass is 248 g/mol. The topological polar surface area (TPSA) is 76.5 Å². The molecule has 0 aromatic carbocycles. The summed E-state index contributed by atoms with van der Waals surface area (Å²) in [4.78, 5) is 25.2. The van der Waals surface area contributed by atoms with Crippen LogP contribution in [0, 0.1) is 0 Å². The lowest BCUT2D eigenvalue weighted by Gasteiger charge is -2.37. The molecule has 2 unspecified atom stereocenters. The van der Waals surface area contributed by atoms with Crippen molar-refractivity contribution in [3.05, 3.63) is 34.4 Å². The van der Waals surface area contributed by atoms with Crippen molar-refractivity contribution < 1.29 is 9.21 Å². The van der Waals surface area contributed by atoms with Crippen LogP contribution in [0.5, 0.6) is 0 Å². The van der Waals surface area contributed by atoms with Gasteiger partial charge in [-0.05, 0) is 31.7 Å². The van der Waals surface area contributed by atoms with Gasteiger partial charge >= 0.3 is 5.63 Å². The van der Waals surface area contributed by atoms with Gasteiger partial charge in [0.15, 0.2) is 0 Å². The van der Waals surface area contributed by atoms with Crippen LogP contribution in [0.25, 0.3) is 0 Å². The summed E-state index contributed by atoms with van der Waals surface area (Å²) < 4.78 is 4.75. The predicted molar refractivity (Wildman–Crippen MR) is 65.2 cm³/mol. The number of fused-ring (bicyclic) bond motifs is 2. The second kappa shape index (κ2) is 4.24. The van der Waals surface area contributed by atoms with E-state index in [1.54, 1.807) is 0 Å². The van der Waals surface area contributed by atoms with Crippen molar-refractivity contribution in [1.82, 2.24) is 4.90 Å². The molecule has 0 radical (unpaired) electrons. The van der Waals surface area contributed by atoms with E-state index in [0.717, 1.165) is 25.7 Å². The van der Waals surface area contributed by atoms with Crippen LogP contribution in [0.3, 0.4) is 0 Å². The van der Waals surface area contributed by atoms with E-state index in [0.29, 0.717) is 5.56 Å². The lowest BCUT2D eigenvalue weighted by atomic mass is 9.97. The molecule has 5 heteroatoms. The predicted octanol–water partition coefficient (Wildman–Crippen LogP) is 0.734. The molecule has 96 valence electrons. The van der Waals surface area contributed by atoms with Crippen molar-refractivity contribution in [3.8, 4) is 0 Å². The number of rotatable bonds is 1. The zero-order valence-corrected chi connectivity index (χ0v) is 10.0. The lowest BCUT2D eigenvalue weighted by molar-refractivity contribution is 0.0572. The number of nitrogens with two attached hydrogens (primary N) is 1. The molecular formula is C13H16N2O3. The number of nitrogens with zero attached hydrogens (tertiary/aromatic N) is 1. The van der Waals surface area contributed by atoms with E-state index in [1.807, 2.05) is 4.90 Å². The Morgan fingerprint density at radius 1 is 1.28 bits per heavy atom. The van der Waals surface area contributed by atoms with Crippen molar-refractivity contribution in [2.24, 2.45) is 5.73 Å². The molecule has 5 nitrogen and oxygen atoms in total. The number of carbonyl (C=O) groups excluding carboxylic acids is 1. The molecule has 2 atom stereocenters. The Kier molecular flexibility index (Phi) is 2.70. The van der Waals surface area contributed by atoms with Gasteiger partial charge in [-0.15, -0.1) is 0 Å². The highest BCUT2D eigenvalue weighted by Gasteiger charge is 2.42. The molecule has 2 saturated heterocycles. The fraction of sp³-hybridized carbons (Fsp3) is 0.538. The minimum absolute atomic E-state index is 0.0434. The molecule has 2 fully saturated rings. The average molecular weight is 248 g/mol. The zero-order chi connectivity index (χ0) is 12.7. The molecule has 2 aliphatic rings. The molecule has 2 N–H and O–H groups in total. The second-order valence-corrected chi connectivity index (χ2v) is 5.17. The highest BCUT2D eigenvalue weighted by molar-refractivity contribution is 5.94. The summed E-state index contributed by atoms with van der Waals surface area (Å²) in [5.41, 5.74) is 5.99. The van der Waals surface area contributed by atoms with Crippen LogP contribution in [-0.2, 0) is 0 Å². The summed E-state index contributed by atoms with van der Waals surface area (Å²) in [7, 11) is 0. The van der Waals surface area contributed by atoms with Crippen LogP contribution < -0.4 is 11.4 Å². The van der Waals surface area contributed by atoms with Crippen LogP contribution in [-0.4, -0.2) is 28.9 Å². The molecule has 0 spiro atoms. The second-order valence-electron chi connectivity index (χ2n) is 5.17. The molecule has 3 heterocycles. The average Bonchev–Trinajstić information content (AvgIpc) is 2.62. The fourth-order valence-electron chi connectivity index (χ4n) is 3.18. The lowest BCUT2D eigenvalue weighted by Crippen LogP contribution is -2.50. The van der Waals surface area contributed by atoms with Gasteiger partial charge in [-0.1, -0.05) is 0 Å². The fourth-order valence-corrected chi connectivity index (χ4v) is 3.18. The highest BCUT2D eigenvalue weighted by Crippen LogP contribution is 2.35. The first-order valence-electron chi connectivity index (χ1n) is 6.32. The summed E-state index contributed by atoms with van der Waals surface area (Å²) >= 11 is 0. The van der Waals surface area contributed by atoms with Gasteiger partial charge in [-0.25, -0.2) is 4.79 Å². The number of hydrogen-bond donors (Lipinski definition) is 1. The molecule has 1 aromatic heterocycles. The zero-order valence-electron chi connectivity index (χ0n) is 10.0. The van der Waals surface area contributed by atoms with Crippen molar-refractivity contribution in [1.29, 1.82) is 0 Å². The first-order chi connectivity index (χ1) is 8.65. The van der Waals surface area contributed by atoms with Gasteiger partial charge in [0.25, 0.3) is 5.91 Å². The van der Waals surface area contributed by atoms with Crippen molar-refractivity contribution >= 4 is 5.91 Å². The Morgan fingerprint density at radius 3 is 2.50 bits per heavy atom. The molecule has 0 saturated carbocycles. The summed E-state index contributed by atoms with van der Waals surface area (Å²) in [6, 6.07) is 3.52. The van der Waals surface area contributed by atoms with Gasteiger partial charge < -0.3 is 15.1 Å². The molecule has 18 heavy (non-hydrogen) atoms. The maximum atomic E-state index is 12.4. The quantitative estimate of drug-likeness (QED) is 0.795. The van der Waals surface area contributed by atoms with Gasteiger partial charge in [0, 0.05) is 24.2 Å². The SMILES string of the molecule is NC1CC2CCC(C1)N2C(=O)c1ccc(=O)oc1. The van der Waals surface area contributed by atoms with Crippen LogP contribution >= 0.6 is 0 Å². The van der Waals surface area contributed by atoms with Gasteiger partial charge in [-0.3, -0.25) is 4.79 Å². The van der Waals surface area contributed by atoms with Crippen LogP contribution in [0.15, 0.2) is 27.6 Å². The Labute approximate surface area is 105 Å². The van der Waals surface area contributed by atoms with Gasteiger partial charge in [0.05, 0.1) is 5.56 Å². The Balaban J connectivity index is 1.85. The summed E-state index contributed by atoms with van der Waals surface area (Å²) in [6.45, 7) is 0. The third-order valence-corrected chi connectivity index (χ3v) is 3.95. The largest absolute Gasteiger partial charge is 0.430 e. The first kappa shape index (κ1) is 11.5. The third kappa shape index (κ3) is 1.84. The summed E-state index contributed by atoms with van der Waals surface area (Å²) in [5.74, 6) is -0.0434. The smallest absolute Gasteiger partial charge is 0.335 e.